The number of hydrogen-bond acceptors (Lipinski definition) is 3. The number of alkyl halides is 1. The van der Waals surface area contributed by atoms with E-state index in [2.05, 4.69) is 4.98 Å². The van der Waals surface area contributed by atoms with E-state index < -0.39 is 6.67 Å². The summed E-state index contributed by atoms with van der Waals surface area (Å²) in [5, 5.41) is 0. The summed E-state index contributed by atoms with van der Waals surface area (Å²) in [6.07, 6.45) is 4.74. The highest BCUT2D eigenvalue weighted by molar-refractivity contribution is 6.21. The molecule has 1 aromatic rings. The van der Waals surface area contributed by atoms with E-state index in [-0.39, 0.29) is 17.3 Å². The quantitative estimate of drug-likeness (QED) is 0.780. The van der Waals surface area contributed by atoms with E-state index in [9.17, 15) is 14.0 Å². The lowest BCUT2D eigenvalue weighted by Gasteiger charge is -2.12. The number of halogens is 1. The van der Waals surface area contributed by atoms with Crippen molar-refractivity contribution in [3.8, 4) is 0 Å². The van der Waals surface area contributed by atoms with Crippen LogP contribution in [0, 0.1) is 0 Å². The number of hydrogen-bond donors (Lipinski definition) is 0. The van der Waals surface area contributed by atoms with Crippen LogP contribution in [0.3, 0.4) is 0 Å². The number of rotatable bonds is 3. The molecule has 82 valence electrons. The van der Waals surface area contributed by atoms with Gasteiger partial charge in [0.2, 0.25) is 5.78 Å². The number of fused-ring (bicyclic) bond motifs is 1. The highest BCUT2D eigenvalue weighted by Gasteiger charge is 2.22. The molecule has 2 rings (SSSR count). The molecule has 0 radical (unpaired) electrons. The van der Waals surface area contributed by atoms with E-state index in [1.807, 2.05) is 0 Å². The second-order valence-corrected chi connectivity index (χ2v) is 3.55. The van der Waals surface area contributed by atoms with Gasteiger partial charge in [-0.1, -0.05) is 0 Å². The normalized spacial score (nSPS) is 14.1. The molecule has 0 fully saturated rings. The van der Waals surface area contributed by atoms with Crippen molar-refractivity contribution in [2.45, 2.75) is 12.8 Å². The molecule has 0 N–H and O–H groups in total. The van der Waals surface area contributed by atoms with E-state index in [1.165, 1.54) is 18.3 Å². The third-order valence-corrected chi connectivity index (χ3v) is 2.48. The zero-order chi connectivity index (χ0) is 11.5. The Hall–Kier alpha value is -1.84. The summed E-state index contributed by atoms with van der Waals surface area (Å²) in [6.45, 7) is -0.435. The molecule has 1 aliphatic carbocycles. The van der Waals surface area contributed by atoms with Crippen molar-refractivity contribution in [2.75, 3.05) is 6.67 Å². The Morgan fingerprint density at radius 1 is 1.19 bits per heavy atom. The van der Waals surface area contributed by atoms with Gasteiger partial charge in [0.05, 0.1) is 12.2 Å². The predicted molar refractivity (Wildman–Crippen MR) is 56.3 cm³/mol. The van der Waals surface area contributed by atoms with Crippen LogP contribution in [0.2, 0.25) is 0 Å². The third-order valence-electron chi connectivity index (χ3n) is 2.48. The average molecular weight is 219 g/mol. The molecule has 0 atom stereocenters. The lowest BCUT2D eigenvalue weighted by atomic mass is 9.93. The molecule has 4 heteroatoms. The van der Waals surface area contributed by atoms with Crippen LogP contribution in [0.25, 0.3) is 0 Å². The number of carbonyl (C=O) groups excluding carboxylic acids is 2. The molecule has 16 heavy (non-hydrogen) atoms. The average Bonchev–Trinajstić information content (AvgIpc) is 2.31. The van der Waals surface area contributed by atoms with Gasteiger partial charge in [0.25, 0.3) is 0 Å². The van der Waals surface area contributed by atoms with Crippen LogP contribution in [0.4, 0.5) is 4.39 Å². The van der Waals surface area contributed by atoms with Crippen molar-refractivity contribution in [1.82, 2.24) is 4.98 Å². The summed E-state index contributed by atoms with van der Waals surface area (Å²) in [5.41, 5.74) is 1.22. The maximum absolute atomic E-state index is 12.1. The zero-order valence-electron chi connectivity index (χ0n) is 8.57. The predicted octanol–water partition coefficient (Wildman–Crippen LogP) is 1.92. The third kappa shape index (κ3) is 1.78. The molecule has 1 heterocycles. The summed E-state index contributed by atoms with van der Waals surface area (Å²) < 4.78 is 12.1. The second kappa shape index (κ2) is 4.35. The fourth-order valence-corrected chi connectivity index (χ4v) is 1.74. The molecule has 3 nitrogen and oxygen atoms in total. The Bertz CT molecular complexity index is 480. The number of aromatic nitrogens is 1. The molecule has 1 aromatic heterocycles. The highest BCUT2D eigenvalue weighted by Crippen LogP contribution is 2.20. The van der Waals surface area contributed by atoms with Gasteiger partial charge in [0.15, 0.2) is 5.78 Å². The summed E-state index contributed by atoms with van der Waals surface area (Å²) in [6, 6.07) is 1.67. The lowest BCUT2D eigenvalue weighted by Crippen LogP contribution is -2.16. The van der Waals surface area contributed by atoms with Gasteiger partial charge in [-0.2, -0.15) is 0 Å². The first-order valence-corrected chi connectivity index (χ1v) is 5.04. The number of nitrogens with zero attached hydrogens (tertiary/aromatic N) is 1. The fraction of sp³-hybridized carbons (Fsp3) is 0.250. The SMILES string of the molecule is O=C1C=CC(=O)c2c(CCCF)ccnc21. The fourth-order valence-electron chi connectivity index (χ4n) is 1.74. The Labute approximate surface area is 92.0 Å². The van der Waals surface area contributed by atoms with Crippen molar-refractivity contribution in [3.05, 3.63) is 41.2 Å². The molecule has 0 aromatic carbocycles. The van der Waals surface area contributed by atoms with Crippen LogP contribution in [0.15, 0.2) is 24.4 Å². The topological polar surface area (TPSA) is 47.0 Å². The van der Waals surface area contributed by atoms with Crippen molar-refractivity contribution >= 4 is 11.6 Å². The first-order chi connectivity index (χ1) is 7.74. The molecule has 0 aliphatic heterocycles. The minimum absolute atomic E-state index is 0.184. The summed E-state index contributed by atoms with van der Waals surface area (Å²) in [7, 11) is 0. The number of carbonyl (C=O) groups is 2. The van der Waals surface area contributed by atoms with E-state index in [4.69, 9.17) is 0 Å². The molecule has 0 bridgehead atoms. The lowest BCUT2D eigenvalue weighted by molar-refractivity contribution is 0.0989. The van der Waals surface area contributed by atoms with Crippen LogP contribution in [-0.2, 0) is 6.42 Å². The minimum atomic E-state index is -0.435. The van der Waals surface area contributed by atoms with Crippen LogP contribution in [-0.4, -0.2) is 23.2 Å². The van der Waals surface area contributed by atoms with Gasteiger partial charge >= 0.3 is 0 Å². The van der Waals surface area contributed by atoms with Gasteiger partial charge in [0, 0.05) is 6.20 Å². The van der Waals surface area contributed by atoms with E-state index in [0.717, 1.165) is 0 Å². The number of ketones is 2. The van der Waals surface area contributed by atoms with E-state index >= 15 is 0 Å². The molecule has 0 unspecified atom stereocenters. The number of aryl methyl sites for hydroxylation is 1. The Morgan fingerprint density at radius 3 is 2.69 bits per heavy atom. The molecule has 0 saturated carbocycles. The highest BCUT2D eigenvalue weighted by atomic mass is 19.1. The van der Waals surface area contributed by atoms with Crippen molar-refractivity contribution in [1.29, 1.82) is 0 Å². The number of pyridine rings is 1. The van der Waals surface area contributed by atoms with Gasteiger partial charge in [-0.25, -0.2) is 0 Å². The van der Waals surface area contributed by atoms with Gasteiger partial charge in [-0.3, -0.25) is 19.0 Å². The minimum Gasteiger partial charge on any atom is -0.289 e. The zero-order valence-corrected chi connectivity index (χ0v) is 8.57. The molecule has 0 saturated heterocycles. The molecular weight excluding hydrogens is 209 g/mol. The molecule has 0 spiro atoms. The van der Waals surface area contributed by atoms with Gasteiger partial charge in [-0.15, -0.1) is 0 Å². The van der Waals surface area contributed by atoms with E-state index in [0.29, 0.717) is 24.0 Å². The van der Waals surface area contributed by atoms with Crippen LogP contribution in [0.1, 0.15) is 32.8 Å². The van der Waals surface area contributed by atoms with Crippen molar-refractivity contribution < 1.29 is 14.0 Å². The Morgan fingerprint density at radius 2 is 1.94 bits per heavy atom. The Balaban J connectivity index is 2.47. The standard InChI is InChI=1S/C12H10FNO2/c13-6-1-2-8-5-7-14-12-10(16)4-3-9(15)11(8)12/h3-5,7H,1-2,6H2. The molecule has 1 aliphatic rings. The summed E-state index contributed by atoms with van der Waals surface area (Å²) in [5.74, 6) is -0.492. The van der Waals surface area contributed by atoms with Crippen molar-refractivity contribution in [3.63, 3.8) is 0 Å². The second-order valence-electron chi connectivity index (χ2n) is 3.55. The largest absolute Gasteiger partial charge is 0.289 e. The smallest absolute Gasteiger partial charge is 0.205 e. The summed E-state index contributed by atoms with van der Waals surface area (Å²) in [4.78, 5) is 27.0. The van der Waals surface area contributed by atoms with Crippen LogP contribution >= 0.6 is 0 Å². The van der Waals surface area contributed by atoms with Gasteiger partial charge in [0.1, 0.15) is 5.69 Å². The summed E-state index contributed by atoms with van der Waals surface area (Å²) >= 11 is 0. The van der Waals surface area contributed by atoms with Crippen LogP contribution in [0.5, 0.6) is 0 Å². The molecular formula is C12H10FNO2. The number of allylic oxidation sites excluding steroid dienone is 2. The molecule has 0 amide bonds. The monoisotopic (exact) mass is 219 g/mol. The van der Waals surface area contributed by atoms with Crippen molar-refractivity contribution in [2.24, 2.45) is 0 Å². The first kappa shape index (κ1) is 10.7. The maximum atomic E-state index is 12.1. The van der Waals surface area contributed by atoms with Gasteiger partial charge < -0.3 is 0 Å². The maximum Gasteiger partial charge on any atom is 0.205 e. The first-order valence-electron chi connectivity index (χ1n) is 5.04. The van der Waals surface area contributed by atoms with Crippen LogP contribution < -0.4 is 0 Å². The van der Waals surface area contributed by atoms with E-state index in [1.54, 1.807) is 6.07 Å². The van der Waals surface area contributed by atoms with Gasteiger partial charge in [-0.05, 0) is 36.6 Å². The Kier molecular flexibility index (Phi) is 2.90.